The molecule has 1 amide bonds. The number of anilines is 2. The number of aliphatic imine (C=N–C) groups is 1. The number of carbonyl (C=O) groups is 1. The average molecular weight is 521 g/mol. The van der Waals surface area contributed by atoms with Crippen molar-refractivity contribution in [3.63, 3.8) is 0 Å². The number of nitrogens with one attached hydrogen (secondary N) is 2. The second-order valence-corrected chi connectivity index (χ2v) is 9.56. The molecule has 4 heterocycles. The van der Waals surface area contributed by atoms with Gasteiger partial charge in [-0.1, -0.05) is 29.8 Å². The van der Waals surface area contributed by atoms with Gasteiger partial charge in [0, 0.05) is 24.2 Å². The minimum Gasteiger partial charge on any atom is -0.486 e. The predicted octanol–water partition coefficient (Wildman–Crippen LogP) is 4.62. The Hall–Kier alpha value is -3.76. The summed E-state index contributed by atoms with van der Waals surface area (Å²) in [6.07, 6.45) is 4.69. The van der Waals surface area contributed by atoms with Gasteiger partial charge in [-0.05, 0) is 41.7 Å². The quantitative estimate of drug-likeness (QED) is 0.357. The Balaban J connectivity index is 1.24. The molecule has 0 aliphatic carbocycles. The zero-order valence-corrected chi connectivity index (χ0v) is 20.6. The largest absolute Gasteiger partial charge is 0.486 e. The van der Waals surface area contributed by atoms with Crippen LogP contribution < -0.4 is 20.1 Å². The molecule has 182 valence electrons. The lowest BCUT2D eigenvalue weighted by molar-refractivity contribution is -0.119. The number of hydrogen-bond acceptors (Lipinski definition) is 9. The number of carbonyl (C=O) groups excluding carboxylic acids is 1. The Morgan fingerprint density at radius 2 is 2.11 bits per heavy atom. The van der Waals surface area contributed by atoms with E-state index in [0.717, 1.165) is 23.3 Å². The fraction of sp³-hybridized carbons (Fsp3) is 0.240. The molecule has 36 heavy (non-hydrogen) atoms. The molecular formula is C25H21ClN6O3S. The predicted molar refractivity (Wildman–Crippen MR) is 140 cm³/mol. The second-order valence-electron chi connectivity index (χ2n) is 8.43. The van der Waals surface area contributed by atoms with Gasteiger partial charge in [0.25, 0.3) is 0 Å². The first kappa shape index (κ1) is 22.7. The Morgan fingerprint density at radius 3 is 2.97 bits per heavy atom. The smallest absolute Gasteiger partial charge is 0.220 e. The molecule has 1 atom stereocenters. The topological polar surface area (TPSA) is 111 Å². The van der Waals surface area contributed by atoms with Gasteiger partial charge in [0.05, 0.1) is 23.5 Å². The third-order valence-corrected chi connectivity index (χ3v) is 7.10. The third-order valence-electron chi connectivity index (χ3n) is 5.94. The van der Waals surface area contributed by atoms with E-state index in [4.69, 9.17) is 21.1 Å². The maximum atomic E-state index is 11.4. The van der Waals surface area contributed by atoms with Gasteiger partial charge in [-0.3, -0.25) is 9.79 Å². The second kappa shape index (κ2) is 9.71. The van der Waals surface area contributed by atoms with Gasteiger partial charge in [-0.25, -0.2) is 9.97 Å². The Morgan fingerprint density at radius 1 is 1.22 bits per heavy atom. The average Bonchev–Trinajstić information content (AvgIpc) is 3.50. The van der Waals surface area contributed by atoms with Gasteiger partial charge in [0.1, 0.15) is 24.4 Å². The maximum absolute atomic E-state index is 11.4. The van der Waals surface area contributed by atoms with Crippen molar-refractivity contribution in [1.82, 2.24) is 19.7 Å². The molecular weight excluding hydrogens is 500 g/mol. The number of fused-ring (bicyclic) bond motifs is 2. The SMILES string of the molecule is O=C1CCC(CN=Cc2cnc3snc(Nc4cccc(-c5ccc6c(c5)OCCO6)c4Cl)c3n2)N1. The summed E-state index contributed by atoms with van der Waals surface area (Å²) in [7, 11) is 0. The highest BCUT2D eigenvalue weighted by atomic mass is 35.5. The fourth-order valence-corrected chi connectivity index (χ4v) is 5.09. The van der Waals surface area contributed by atoms with Crippen LogP contribution in [0.5, 0.6) is 11.5 Å². The molecule has 6 rings (SSSR count). The van der Waals surface area contributed by atoms with Crippen LogP contribution in [0.2, 0.25) is 5.02 Å². The summed E-state index contributed by atoms with van der Waals surface area (Å²) in [5.41, 5.74) is 3.74. The van der Waals surface area contributed by atoms with E-state index in [1.165, 1.54) is 11.5 Å². The normalized spacial score (nSPS) is 17.0. The number of rotatable bonds is 6. The number of nitrogens with zero attached hydrogens (tertiary/aromatic N) is 4. The Labute approximate surface area is 215 Å². The summed E-state index contributed by atoms with van der Waals surface area (Å²) in [6, 6.07) is 11.7. The number of benzene rings is 2. The molecule has 0 spiro atoms. The van der Waals surface area contributed by atoms with Crippen LogP contribution in [0.1, 0.15) is 18.5 Å². The minimum absolute atomic E-state index is 0.0770. The van der Waals surface area contributed by atoms with Crippen molar-refractivity contribution in [3.05, 3.63) is 53.3 Å². The van der Waals surface area contributed by atoms with Crippen LogP contribution in [0, 0.1) is 0 Å². The lowest BCUT2D eigenvalue weighted by atomic mass is 10.0. The van der Waals surface area contributed by atoms with Crippen molar-refractivity contribution in [2.75, 3.05) is 25.1 Å². The van der Waals surface area contributed by atoms with E-state index in [0.29, 0.717) is 64.5 Å². The molecule has 2 aromatic carbocycles. The maximum Gasteiger partial charge on any atom is 0.220 e. The summed E-state index contributed by atoms with van der Waals surface area (Å²) in [5, 5.41) is 6.78. The molecule has 1 saturated heterocycles. The van der Waals surface area contributed by atoms with Crippen LogP contribution in [0.4, 0.5) is 11.5 Å². The molecule has 0 saturated carbocycles. The fourth-order valence-electron chi connectivity index (χ4n) is 4.17. The summed E-state index contributed by atoms with van der Waals surface area (Å²) < 4.78 is 15.9. The standard InChI is InChI=1S/C25H21ClN6O3S/c26-22-17(14-4-6-19-20(10-14)35-9-8-34-19)2-1-3-18(22)31-24-23-25(36-32-24)28-13-16(30-23)12-27-11-15-5-7-21(33)29-15/h1-4,6,10,12-13,15H,5,7-9,11H2,(H,29,33)(H,31,32). The van der Waals surface area contributed by atoms with E-state index in [9.17, 15) is 4.79 Å². The monoisotopic (exact) mass is 520 g/mol. The molecule has 11 heteroatoms. The van der Waals surface area contributed by atoms with Crippen molar-refractivity contribution in [2.45, 2.75) is 18.9 Å². The molecule has 9 nitrogen and oxygen atoms in total. The van der Waals surface area contributed by atoms with Gasteiger partial charge >= 0.3 is 0 Å². The van der Waals surface area contributed by atoms with Crippen LogP contribution >= 0.6 is 23.1 Å². The van der Waals surface area contributed by atoms with Crippen LogP contribution in [-0.2, 0) is 4.79 Å². The van der Waals surface area contributed by atoms with E-state index in [2.05, 4.69) is 30.0 Å². The first-order valence-electron chi connectivity index (χ1n) is 11.5. The molecule has 1 fully saturated rings. The van der Waals surface area contributed by atoms with Crippen molar-refractivity contribution in [2.24, 2.45) is 4.99 Å². The molecule has 4 aromatic rings. The van der Waals surface area contributed by atoms with Gasteiger partial charge in [-0.15, -0.1) is 0 Å². The molecule has 2 aliphatic heterocycles. The number of amides is 1. The first-order chi connectivity index (χ1) is 17.6. The minimum atomic E-state index is 0.0770. The Kier molecular flexibility index (Phi) is 6.12. The van der Waals surface area contributed by atoms with E-state index < -0.39 is 0 Å². The van der Waals surface area contributed by atoms with Gasteiger partial charge in [0.2, 0.25) is 5.91 Å². The van der Waals surface area contributed by atoms with Crippen molar-refractivity contribution in [1.29, 1.82) is 0 Å². The van der Waals surface area contributed by atoms with Gasteiger partial charge in [-0.2, -0.15) is 4.37 Å². The molecule has 0 bridgehead atoms. The van der Waals surface area contributed by atoms with Gasteiger partial charge in [0.15, 0.2) is 22.1 Å². The summed E-state index contributed by atoms with van der Waals surface area (Å²) in [5.74, 6) is 2.09. The first-order valence-corrected chi connectivity index (χ1v) is 12.7. The van der Waals surface area contributed by atoms with Crippen molar-refractivity contribution in [3.8, 4) is 22.6 Å². The molecule has 0 radical (unpaired) electrons. The molecule has 2 aromatic heterocycles. The van der Waals surface area contributed by atoms with Crippen LogP contribution in [0.25, 0.3) is 21.5 Å². The molecule has 2 aliphatic rings. The Bertz CT molecular complexity index is 1490. The van der Waals surface area contributed by atoms with E-state index in [-0.39, 0.29) is 11.9 Å². The summed E-state index contributed by atoms with van der Waals surface area (Å²) in [6.45, 7) is 1.58. The highest BCUT2D eigenvalue weighted by Gasteiger charge is 2.20. The van der Waals surface area contributed by atoms with Crippen molar-refractivity contribution < 1.29 is 14.3 Å². The lowest BCUT2D eigenvalue weighted by Gasteiger charge is -2.19. The van der Waals surface area contributed by atoms with E-state index >= 15 is 0 Å². The van der Waals surface area contributed by atoms with E-state index in [1.54, 1.807) is 12.4 Å². The number of ether oxygens (including phenoxy) is 2. The van der Waals surface area contributed by atoms with Crippen LogP contribution in [0.15, 0.2) is 47.6 Å². The van der Waals surface area contributed by atoms with E-state index in [1.807, 2.05) is 36.4 Å². The number of halogens is 1. The van der Waals surface area contributed by atoms with Crippen molar-refractivity contribution >= 4 is 57.1 Å². The highest BCUT2D eigenvalue weighted by Crippen LogP contribution is 2.40. The zero-order chi connectivity index (χ0) is 24.5. The van der Waals surface area contributed by atoms with Gasteiger partial charge < -0.3 is 20.1 Å². The summed E-state index contributed by atoms with van der Waals surface area (Å²) in [4.78, 5) is 25.6. The van der Waals surface area contributed by atoms with Crippen LogP contribution in [-0.4, -0.2) is 52.3 Å². The zero-order valence-electron chi connectivity index (χ0n) is 19.0. The highest BCUT2D eigenvalue weighted by molar-refractivity contribution is 7.13. The number of hydrogen-bond donors (Lipinski definition) is 2. The van der Waals surface area contributed by atoms with Crippen LogP contribution in [0.3, 0.4) is 0 Å². The molecule has 2 N–H and O–H groups in total. The lowest BCUT2D eigenvalue weighted by Crippen LogP contribution is -2.27. The third kappa shape index (κ3) is 4.57. The summed E-state index contributed by atoms with van der Waals surface area (Å²) >= 11 is 8.08. The number of aromatic nitrogens is 3. The molecule has 1 unspecified atom stereocenters.